The van der Waals surface area contributed by atoms with Gasteiger partial charge in [-0.05, 0) is 25.5 Å². The maximum atomic E-state index is 13.0. The van der Waals surface area contributed by atoms with Crippen LogP contribution in [0.1, 0.15) is 11.1 Å². The minimum atomic E-state index is -3.95. The van der Waals surface area contributed by atoms with Crippen LogP contribution in [0.4, 0.5) is 0 Å². The van der Waals surface area contributed by atoms with E-state index in [0.29, 0.717) is 5.56 Å². The van der Waals surface area contributed by atoms with E-state index in [4.69, 9.17) is 5.73 Å². The van der Waals surface area contributed by atoms with Crippen LogP contribution in [0.25, 0.3) is 0 Å². The van der Waals surface area contributed by atoms with Crippen molar-refractivity contribution in [3.8, 4) is 0 Å². The molecule has 7 nitrogen and oxygen atoms in total. The van der Waals surface area contributed by atoms with Gasteiger partial charge in [-0.15, -0.1) is 0 Å². The van der Waals surface area contributed by atoms with Gasteiger partial charge in [0.2, 0.25) is 10.0 Å². The van der Waals surface area contributed by atoms with E-state index in [-0.39, 0.29) is 18.0 Å². The number of sulfonamides is 1. The number of nitrogens with two attached hydrogens (primary N) is 1. The Labute approximate surface area is 137 Å². The summed E-state index contributed by atoms with van der Waals surface area (Å²) in [5, 5.41) is 10.0. The second-order valence-corrected chi connectivity index (χ2v) is 9.90. The first-order valence-corrected chi connectivity index (χ1v) is 10.5. The van der Waals surface area contributed by atoms with E-state index in [1.807, 2.05) is 6.92 Å². The van der Waals surface area contributed by atoms with Gasteiger partial charge in [-0.2, -0.15) is 4.31 Å². The second-order valence-electron chi connectivity index (χ2n) is 5.88. The molecule has 0 spiro atoms. The van der Waals surface area contributed by atoms with Crippen LogP contribution in [0.15, 0.2) is 23.1 Å². The fourth-order valence-electron chi connectivity index (χ4n) is 2.89. The van der Waals surface area contributed by atoms with E-state index < -0.39 is 43.5 Å². The van der Waals surface area contributed by atoms with Gasteiger partial charge in [-0.3, -0.25) is 0 Å². The van der Waals surface area contributed by atoms with Gasteiger partial charge < -0.3 is 10.8 Å². The predicted octanol–water partition coefficient (Wildman–Crippen LogP) is -0.589. The SMILES string of the molecule is Cc1ccc(S(=O)(=O)N(CCN)[C@H]2CS(=O)(=O)C[C@@H]2O)c(C)c1. The van der Waals surface area contributed by atoms with Crippen LogP contribution in [-0.2, 0) is 19.9 Å². The molecule has 0 amide bonds. The summed E-state index contributed by atoms with van der Waals surface area (Å²) in [6, 6.07) is 3.92. The van der Waals surface area contributed by atoms with Gasteiger partial charge in [0.05, 0.1) is 28.5 Å². The Hall–Kier alpha value is -1.00. The van der Waals surface area contributed by atoms with Crippen LogP contribution in [0.5, 0.6) is 0 Å². The van der Waals surface area contributed by atoms with E-state index in [2.05, 4.69) is 0 Å². The molecule has 1 fully saturated rings. The van der Waals surface area contributed by atoms with Crippen LogP contribution in [0.2, 0.25) is 0 Å². The molecule has 1 heterocycles. The number of aliphatic hydroxyl groups excluding tert-OH is 1. The Morgan fingerprint density at radius 3 is 2.43 bits per heavy atom. The molecule has 130 valence electrons. The molecule has 9 heteroatoms. The van der Waals surface area contributed by atoms with Gasteiger partial charge in [0, 0.05) is 13.1 Å². The predicted molar refractivity (Wildman–Crippen MR) is 87.3 cm³/mol. The fourth-order valence-corrected chi connectivity index (χ4v) is 6.66. The van der Waals surface area contributed by atoms with Crippen molar-refractivity contribution in [2.45, 2.75) is 30.9 Å². The standard InChI is InChI=1S/C14H22N2O5S2/c1-10-3-4-14(11(2)7-10)23(20,21)16(6-5-15)12-8-22(18,19)9-13(12)17/h3-4,7,12-13,17H,5-6,8-9,15H2,1-2H3/t12-,13-/m0/s1. The third kappa shape index (κ3) is 3.74. The molecular formula is C14H22N2O5S2. The van der Waals surface area contributed by atoms with Gasteiger partial charge in [0.15, 0.2) is 9.84 Å². The van der Waals surface area contributed by atoms with Crippen molar-refractivity contribution < 1.29 is 21.9 Å². The highest BCUT2D eigenvalue weighted by Crippen LogP contribution is 2.27. The van der Waals surface area contributed by atoms with Crippen molar-refractivity contribution in [1.82, 2.24) is 4.31 Å². The Morgan fingerprint density at radius 1 is 1.30 bits per heavy atom. The van der Waals surface area contributed by atoms with Crippen molar-refractivity contribution >= 4 is 19.9 Å². The first-order valence-electron chi connectivity index (χ1n) is 7.26. The highest BCUT2D eigenvalue weighted by molar-refractivity contribution is 7.92. The molecule has 1 aromatic carbocycles. The zero-order valence-corrected chi connectivity index (χ0v) is 14.8. The zero-order valence-electron chi connectivity index (χ0n) is 13.1. The van der Waals surface area contributed by atoms with Gasteiger partial charge >= 0.3 is 0 Å². The molecule has 0 radical (unpaired) electrons. The van der Waals surface area contributed by atoms with E-state index >= 15 is 0 Å². The number of rotatable bonds is 5. The van der Waals surface area contributed by atoms with Crippen molar-refractivity contribution in [2.24, 2.45) is 5.73 Å². The maximum Gasteiger partial charge on any atom is 0.243 e. The number of nitrogens with zero attached hydrogens (tertiary/aromatic N) is 1. The molecule has 23 heavy (non-hydrogen) atoms. The van der Waals surface area contributed by atoms with Crippen LogP contribution in [-0.4, -0.2) is 63.0 Å². The molecule has 1 aliphatic rings. The second kappa shape index (κ2) is 6.48. The summed E-state index contributed by atoms with van der Waals surface area (Å²) in [5.74, 6) is -0.820. The third-order valence-electron chi connectivity index (χ3n) is 3.93. The Balaban J connectivity index is 2.48. The van der Waals surface area contributed by atoms with E-state index in [1.165, 1.54) is 6.07 Å². The topological polar surface area (TPSA) is 118 Å². The van der Waals surface area contributed by atoms with Gasteiger partial charge in [0.25, 0.3) is 0 Å². The summed E-state index contributed by atoms with van der Waals surface area (Å²) in [6.07, 6.45) is -1.24. The van der Waals surface area contributed by atoms with Gasteiger partial charge in [-0.25, -0.2) is 16.8 Å². The number of hydrogen-bond acceptors (Lipinski definition) is 6. The number of sulfone groups is 1. The molecule has 0 aliphatic carbocycles. The number of hydrogen-bond donors (Lipinski definition) is 2. The monoisotopic (exact) mass is 362 g/mol. The average Bonchev–Trinajstić information content (AvgIpc) is 2.68. The molecule has 1 aromatic rings. The highest BCUT2D eigenvalue weighted by Gasteiger charge is 2.44. The van der Waals surface area contributed by atoms with E-state index in [1.54, 1.807) is 19.1 Å². The number of aryl methyl sites for hydroxylation is 2. The maximum absolute atomic E-state index is 13.0. The summed E-state index contributed by atoms with van der Waals surface area (Å²) in [6.45, 7) is 3.52. The first-order chi connectivity index (χ1) is 10.6. The number of aliphatic hydroxyl groups is 1. The lowest BCUT2D eigenvalue weighted by atomic mass is 10.2. The fraction of sp³-hybridized carbons (Fsp3) is 0.571. The van der Waals surface area contributed by atoms with Crippen molar-refractivity contribution in [3.05, 3.63) is 29.3 Å². The minimum absolute atomic E-state index is 0.0351. The molecule has 3 N–H and O–H groups in total. The van der Waals surface area contributed by atoms with Crippen LogP contribution < -0.4 is 5.73 Å². The molecule has 1 saturated heterocycles. The Bertz CT molecular complexity index is 789. The van der Waals surface area contributed by atoms with Crippen molar-refractivity contribution in [3.63, 3.8) is 0 Å². The average molecular weight is 362 g/mol. The first kappa shape index (κ1) is 18.3. The van der Waals surface area contributed by atoms with Gasteiger partial charge in [-0.1, -0.05) is 17.7 Å². The molecule has 0 bridgehead atoms. The van der Waals surface area contributed by atoms with Crippen LogP contribution >= 0.6 is 0 Å². The lowest BCUT2D eigenvalue weighted by Gasteiger charge is -2.29. The molecular weight excluding hydrogens is 340 g/mol. The molecule has 1 aliphatic heterocycles. The number of benzene rings is 1. The largest absolute Gasteiger partial charge is 0.390 e. The summed E-state index contributed by atoms with van der Waals surface area (Å²) < 4.78 is 50.4. The zero-order chi connectivity index (χ0) is 17.4. The van der Waals surface area contributed by atoms with Crippen LogP contribution in [0, 0.1) is 13.8 Å². The Kier molecular flexibility index (Phi) is 5.17. The molecule has 0 unspecified atom stereocenters. The third-order valence-corrected chi connectivity index (χ3v) is 7.71. The van der Waals surface area contributed by atoms with Crippen LogP contribution in [0.3, 0.4) is 0 Å². The smallest absolute Gasteiger partial charge is 0.243 e. The highest BCUT2D eigenvalue weighted by atomic mass is 32.2. The quantitative estimate of drug-likeness (QED) is 0.723. The van der Waals surface area contributed by atoms with E-state index in [0.717, 1.165) is 9.87 Å². The van der Waals surface area contributed by atoms with Crippen molar-refractivity contribution in [1.29, 1.82) is 0 Å². The van der Waals surface area contributed by atoms with E-state index in [9.17, 15) is 21.9 Å². The minimum Gasteiger partial charge on any atom is -0.390 e. The summed E-state index contributed by atoms with van der Waals surface area (Å²) >= 11 is 0. The summed E-state index contributed by atoms with van der Waals surface area (Å²) in [5.41, 5.74) is 7.01. The normalized spacial score (nSPS) is 24.2. The lowest BCUT2D eigenvalue weighted by Crippen LogP contribution is -2.48. The Morgan fingerprint density at radius 2 is 1.96 bits per heavy atom. The molecule has 0 saturated carbocycles. The molecule has 2 atom stereocenters. The van der Waals surface area contributed by atoms with Crippen molar-refractivity contribution in [2.75, 3.05) is 24.6 Å². The lowest BCUT2D eigenvalue weighted by molar-refractivity contribution is 0.129. The molecule has 2 rings (SSSR count). The molecule has 0 aromatic heterocycles. The van der Waals surface area contributed by atoms with Gasteiger partial charge in [0.1, 0.15) is 0 Å². The summed E-state index contributed by atoms with van der Waals surface area (Å²) in [7, 11) is -7.41. The summed E-state index contributed by atoms with van der Waals surface area (Å²) in [4.78, 5) is 0.105.